The summed E-state index contributed by atoms with van der Waals surface area (Å²) in [4.78, 5) is 0. The molecule has 0 aromatic heterocycles. The van der Waals surface area contributed by atoms with Crippen LogP contribution in [0.5, 0.6) is 0 Å². The zero-order valence-electron chi connectivity index (χ0n) is 9.51. The summed E-state index contributed by atoms with van der Waals surface area (Å²) in [5, 5.41) is 0. The quantitative estimate of drug-likeness (QED) is 0.633. The Morgan fingerprint density at radius 3 is 1.36 bits per heavy atom. The third kappa shape index (κ3) is 5.69. The van der Waals surface area contributed by atoms with Gasteiger partial charge in [-0.3, -0.25) is 0 Å². The van der Waals surface area contributed by atoms with Gasteiger partial charge >= 0.3 is 0 Å². The highest BCUT2D eigenvalue weighted by Crippen LogP contribution is 2.23. The lowest BCUT2D eigenvalue weighted by atomic mass is 9.71. The van der Waals surface area contributed by atoms with Crippen LogP contribution in [0, 0.1) is 0 Å². The van der Waals surface area contributed by atoms with Crippen LogP contribution in [0.3, 0.4) is 0 Å². The van der Waals surface area contributed by atoms with Gasteiger partial charge < -0.3 is 5.64 Å². The Labute approximate surface area is 90.1 Å². The molecule has 0 heterocycles. The second kappa shape index (κ2) is 8.34. The SMILES string of the molecule is N[B]C1CCCCCCCCCCC1. The summed E-state index contributed by atoms with van der Waals surface area (Å²) in [6, 6.07) is 0. The van der Waals surface area contributed by atoms with Crippen LogP contribution in [0.15, 0.2) is 0 Å². The van der Waals surface area contributed by atoms with E-state index in [4.69, 9.17) is 5.64 Å². The fourth-order valence-electron chi connectivity index (χ4n) is 2.39. The fraction of sp³-hybridized carbons (Fsp3) is 1.00. The first kappa shape index (κ1) is 12.1. The van der Waals surface area contributed by atoms with Crippen molar-refractivity contribution in [3.63, 3.8) is 0 Å². The first-order valence-corrected chi connectivity index (χ1v) is 6.48. The number of rotatable bonds is 1. The molecule has 0 saturated heterocycles. The van der Waals surface area contributed by atoms with Crippen molar-refractivity contribution in [2.45, 2.75) is 76.4 Å². The number of hydrogen-bond donors (Lipinski definition) is 1. The van der Waals surface area contributed by atoms with Crippen molar-refractivity contribution in [2.75, 3.05) is 0 Å². The maximum atomic E-state index is 5.66. The van der Waals surface area contributed by atoms with Crippen LogP contribution in [0.2, 0.25) is 5.82 Å². The molecule has 1 aliphatic carbocycles. The van der Waals surface area contributed by atoms with Gasteiger partial charge in [0.2, 0.25) is 7.41 Å². The van der Waals surface area contributed by atoms with Gasteiger partial charge in [0.15, 0.2) is 0 Å². The molecule has 1 rings (SSSR count). The molecule has 1 aliphatic rings. The molecule has 1 saturated carbocycles. The van der Waals surface area contributed by atoms with E-state index in [9.17, 15) is 0 Å². The van der Waals surface area contributed by atoms with E-state index < -0.39 is 0 Å². The van der Waals surface area contributed by atoms with Gasteiger partial charge in [-0.05, 0) is 0 Å². The molecule has 81 valence electrons. The van der Waals surface area contributed by atoms with Gasteiger partial charge in [-0.2, -0.15) is 0 Å². The van der Waals surface area contributed by atoms with E-state index in [1.54, 1.807) is 0 Å². The first-order valence-electron chi connectivity index (χ1n) is 6.48. The molecule has 1 nitrogen and oxygen atoms in total. The van der Waals surface area contributed by atoms with E-state index in [1.807, 2.05) is 7.41 Å². The third-order valence-corrected chi connectivity index (χ3v) is 3.42. The summed E-state index contributed by atoms with van der Waals surface area (Å²) in [5.74, 6) is 0.703. The summed E-state index contributed by atoms with van der Waals surface area (Å²) in [7, 11) is 1.94. The van der Waals surface area contributed by atoms with E-state index in [2.05, 4.69) is 0 Å². The molecule has 1 radical (unpaired) electrons. The van der Waals surface area contributed by atoms with E-state index in [1.165, 1.54) is 70.6 Å². The predicted octanol–water partition coefficient (Wildman–Crippen LogP) is 3.66. The summed E-state index contributed by atoms with van der Waals surface area (Å²) < 4.78 is 0. The van der Waals surface area contributed by atoms with Crippen molar-refractivity contribution < 1.29 is 0 Å². The molecule has 2 heteroatoms. The summed E-state index contributed by atoms with van der Waals surface area (Å²) in [5.41, 5.74) is 5.66. The Hall–Kier alpha value is 0.0249. The Bertz CT molecular complexity index is 115. The molecule has 0 spiro atoms. The van der Waals surface area contributed by atoms with E-state index in [-0.39, 0.29) is 0 Å². The highest BCUT2D eigenvalue weighted by atomic mass is 14.4. The van der Waals surface area contributed by atoms with Gasteiger partial charge in [0.1, 0.15) is 0 Å². The summed E-state index contributed by atoms with van der Waals surface area (Å²) in [6.45, 7) is 0. The topological polar surface area (TPSA) is 26.0 Å². The smallest absolute Gasteiger partial charge is 0.205 e. The van der Waals surface area contributed by atoms with Gasteiger partial charge in [0.05, 0.1) is 0 Å². The minimum absolute atomic E-state index is 0.703. The van der Waals surface area contributed by atoms with Crippen LogP contribution in [-0.4, -0.2) is 7.41 Å². The van der Waals surface area contributed by atoms with E-state index in [0.29, 0.717) is 5.82 Å². The van der Waals surface area contributed by atoms with Gasteiger partial charge in [0, 0.05) is 0 Å². The molecular weight excluding hydrogens is 169 g/mol. The lowest BCUT2D eigenvalue weighted by Crippen LogP contribution is -2.14. The molecule has 0 aromatic rings. The average Bonchev–Trinajstić information content (AvgIpc) is 2.19. The molecule has 2 N–H and O–H groups in total. The zero-order chi connectivity index (χ0) is 10.1. The van der Waals surface area contributed by atoms with Crippen LogP contribution in [-0.2, 0) is 0 Å². The molecule has 0 amide bonds. The normalized spacial score (nSPS) is 23.5. The zero-order valence-corrected chi connectivity index (χ0v) is 9.51. The Morgan fingerprint density at radius 2 is 1.00 bits per heavy atom. The lowest BCUT2D eigenvalue weighted by molar-refractivity contribution is 0.502. The molecule has 0 aromatic carbocycles. The Balaban J connectivity index is 2.17. The molecule has 14 heavy (non-hydrogen) atoms. The highest BCUT2D eigenvalue weighted by Gasteiger charge is 2.08. The van der Waals surface area contributed by atoms with Crippen molar-refractivity contribution in [1.29, 1.82) is 0 Å². The Kier molecular flexibility index (Phi) is 7.21. The van der Waals surface area contributed by atoms with Gasteiger partial charge in [-0.1, -0.05) is 76.4 Å². The molecular formula is C12H25BN. The molecule has 0 atom stereocenters. The van der Waals surface area contributed by atoms with Crippen molar-refractivity contribution in [1.82, 2.24) is 0 Å². The monoisotopic (exact) mass is 194 g/mol. The van der Waals surface area contributed by atoms with E-state index >= 15 is 0 Å². The maximum Gasteiger partial charge on any atom is 0.205 e. The number of hydrogen-bond acceptors (Lipinski definition) is 1. The van der Waals surface area contributed by atoms with Gasteiger partial charge in [-0.25, -0.2) is 0 Å². The van der Waals surface area contributed by atoms with E-state index in [0.717, 1.165) is 0 Å². The number of nitrogens with two attached hydrogens (primary N) is 1. The molecule has 0 aliphatic heterocycles. The maximum absolute atomic E-state index is 5.66. The van der Waals surface area contributed by atoms with Gasteiger partial charge in [0.25, 0.3) is 0 Å². The first-order chi connectivity index (χ1) is 6.93. The molecule has 0 unspecified atom stereocenters. The fourth-order valence-corrected chi connectivity index (χ4v) is 2.39. The van der Waals surface area contributed by atoms with Crippen molar-refractivity contribution in [3.05, 3.63) is 0 Å². The predicted molar refractivity (Wildman–Crippen MR) is 64.5 cm³/mol. The standard InChI is InChI=1S/C12H25BN/c14-13-12-10-8-6-4-2-1-3-5-7-9-11-12/h12H,1-11,14H2. The second-order valence-corrected chi connectivity index (χ2v) is 4.71. The summed E-state index contributed by atoms with van der Waals surface area (Å²) in [6.07, 6.45) is 15.5. The van der Waals surface area contributed by atoms with Crippen LogP contribution in [0.25, 0.3) is 0 Å². The molecule has 0 bridgehead atoms. The second-order valence-electron chi connectivity index (χ2n) is 4.71. The van der Waals surface area contributed by atoms with Crippen LogP contribution in [0.1, 0.15) is 70.6 Å². The third-order valence-electron chi connectivity index (χ3n) is 3.42. The van der Waals surface area contributed by atoms with Crippen LogP contribution >= 0.6 is 0 Å². The van der Waals surface area contributed by atoms with Crippen molar-refractivity contribution in [2.24, 2.45) is 5.64 Å². The lowest BCUT2D eigenvalue weighted by Gasteiger charge is -2.14. The molecule has 1 fully saturated rings. The minimum atomic E-state index is 0.703. The van der Waals surface area contributed by atoms with Crippen LogP contribution < -0.4 is 5.64 Å². The van der Waals surface area contributed by atoms with Crippen molar-refractivity contribution in [3.8, 4) is 0 Å². The minimum Gasteiger partial charge on any atom is -0.374 e. The van der Waals surface area contributed by atoms with Crippen molar-refractivity contribution >= 4 is 7.41 Å². The summed E-state index contributed by atoms with van der Waals surface area (Å²) >= 11 is 0. The van der Waals surface area contributed by atoms with Crippen LogP contribution in [0.4, 0.5) is 0 Å². The largest absolute Gasteiger partial charge is 0.374 e. The highest BCUT2D eigenvalue weighted by molar-refractivity contribution is 6.33. The van der Waals surface area contributed by atoms with Gasteiger partial charge in [-0.15, -0.1) is 0 Å². The average molecular weight is 194 g/mol. The Morgan fingerprint density at radius 1 is 0.643 bits per heavy atom.